The van der Waals surface area contributed by atoms with E-state index in [0.29, 0.717) is 5.15 Å². The van der Waals surface area contributed by atoms with Crippen molar-refractivity contribution in [1.29, 1.82) is 0 Å². The Bertz CT molecular complexity index is 465. The smallest absolute Gasteiger partial charge is 0.218 e. The molecule has 0 radical (unpaired) electrons. The lowest BCUT2D eigenvalue weighted by molar-refractivity contribution is 1.17. The number of aromatic nitrogens is 2. The molecule has 0 aliphatic carbocycles. The summed E-state index contributed by atoms with van der Waals surface area (Å²) in [5.74, 6) is 0. The molecule has 0 saturated carbocycles. The zero-order valence-electron chi connectivity index (χ0n) is 7.42. The average molecular weight is 351 g/mol. The standard InChI is InChI=1S/C10H5Cl2IN2/c11-9-5-8(14-10(12)15-9)6-1-3-7(13)4-2-6/h1-5H. The monoisotopic (exact) mass is 350 g/mol. The van der Waals surface area contributed by atoms with Crippen LogP contribution in [0.5, 0.6) is 0 Å². The van der Waals surface area contributed by atoms with Crippen LogP contribution in [0.2, 0.25) is 10.4 Å². The lowest BCUT2D eigenvalue weighted by atomic mass is 10.1. The quantitative estimate of drug-likeness (QED) is 0.440. The van der Waals surface area contributed by atoms with Gasteiger partial charge >= 0.3 is 0 Å². The molecular weight excluding hydrogens is 346 g/mol. The average Bonchev–Trinajstić information content (AvgIpc) is 2.17. The second kappa shape index (κ2) is 4.63. The van der Waals surface area contributed by atoms with Crippen LogP contribution in [0.3, 0.4) is 0 Å². The highest BCUT2D eigenvalue weighted by atomic mass is 127. The molecule has 0 fully saturated rings. The van der Waals surface area contributed by atoms with Crippen LogP contribution in [-0.2, 0) is 0 Å². The first-order chi connectivity index (χ1) is 7.15. The van der Waals surface area contributed by atoms with E-state index >= 15 is 0 Å². The van der Waals surface area contributed by atoms with Crippen molar-refractivity contribution in [2.45, 2.75) is 0 Å². The lowest BCUT2D eigenvalue weighted by Crippen LogP contribution is -1.88. The molecule has 1 aromatic carbocycles. The van der Waals surface area contributed by atoms with Crippen LogP contribution in [-0.4, -0.2) is 9.97 Å². The Hall–Kier alpha value is -0.390. The molecule has 15 heavy (non-hydrogen) atoms. The Balaban J connectivity index is 2.49. The van der Waals surface area contributed by atoms with Gasteiger partial charge in [0.05, 0.1) is 5.69 Å². The second-order valence-electron chi connectivity index (χ2n) is 2.85. The van der Waals surface area contributed by atoms with Crippen molar-refractivity contribution in [3.8, 4) is 11.3 Å². The minimum atomic E-state index is 0.163. The summed E-state index contributed by atoms with van der Waals surface area (Å²) in [5, 5.41) is 0.514. The molecule has 0 spiro atoms. The summed E-state index contributed by atoms with van der Waals surface area (Å²) in [6.45, 7) is 0. The van der Waals surface area contributed by atoms with Crippen molar-refractivity contribution in [3.05, 3.63) is 44.3 Å². The first-order valence-corrected chi connectivity index (χ1v) is 5.94. The summed E-state index contributed by atoms with van der Waals surface area (Å²) < 4.78 is 1.17. The van der Waals surface area contributed by atoms with Crippen LogP contribution in [0.4, 0.5) is 0 Å². The van der Waals surface area contributed by atoms with Crippen molar-refractivity contribution in [2.75, 3.05) is 0 Å². The molecule has 2 aromatic rings. The third kappa shape index (κ3) is 2.80. The second-order valence-corrected chi connectivity index (χ2v) is 4.82. The number of hydrogen-bond acceptors (Lipinski definition) is 2. The van der Waals surface area contributed by atoms with Gasteiger partial charge in [0.25, 0.3) is 0 Å². The van der Waals surface area contributed by atoms with Crippen LogP contribution in [0.15, 0.2) is 30.3 Å². The normalized spacial score (nSPS) is 10.3. The fraction of sp³-hybridized carbons (Fsp3) is 0. The molecule has 0 bridgehead atoms. The van der Waals surface area contributed by atoms with Crippen LogP contribution >= 0.6 is 45.8 Å². The van der Waals surface area contributed by atoms with Gasteiger partial charge < -0.3 is 0 Å². The van der Waals surface area contributed by atoms with Gasteiger partial charge in [-0.2, -0.15) is 0 Å². The molecule has 1 heterocycles. The molecule has 0 aliphatic heterocycles. The van der Waals surface area contributed by atoms with Crippen LogP contribution in [0, 0.1) is 3.57 Å². The van der Waals surface area contributed by atoms with Gasteiger partial charge in [0, 0.05) is 15.2 Å². The fourth-order valence-corrected chi connectivity index (χ4v) is 1.93. The molecule has 0 amide bonds. The molecule has 0 unspecified atom stereocenters. The van der Waals surface area contributed by atoms with Gasteiger partial charge in [-0.05, 0) is 46.3 Å². The minimum Gasteiger partial charge on any atom is -0.218 e. The van der Waals surface area contributed by atoms with Gasteiger partial charge in [-0.1, -0.05) is 23.7 Å². The van der Waals surface area contributed by atoms with E-state index in [0.717, 1.165) is 11.3 Å². The SMILES string of the molecule is Clc1cc(-c2ccc(I)cc2)nc(Cl)n1. The maximum absolute atomic E-state index is 5.79. The summed E-state index contributed by atoms with van der Waals surface area (Å²) in [7, 11) is 0. The Labute approximate surface area is 111 Å². The molecule has 1 aromatic heterocycles. The first kappa shape index (κ1) is 11.1. The van der Waals surface area contributed by atoms with Crippen LogP contribution in [0.1, 0.15) is 0 Å². The number of halogens is 3. The maximum Gasteiger partial charge on any atom is 0.224 e. The Morgan fingerprint density at radius 3 is 2.27 bits per heavy atom. The molecule has 0 saturated heterocycles. The largest absolute Gasteiger partial charge is 0.224 e. The van der Waals surface area contributed by atoms with Crippen LogP contribution in [0.25, 0.3) is 11.3 Å². The van der Waals surface area contributed by atoms with Gasteiger partial charge in [-0.3, -0.25) is 0 Å². The Morgan fingerprint density at radius 1 is 1.00 bits per heavy atom. The van der Waals surface area contributed by atoms with Crippen LogP contribution < -0.4 is 0 Å². The predicted molar refractivity (Wildman–Crippen MR) is 70.2 cm³/mol. The minimum absolute atomic E-state index is 0.163. The molecule has 2 nitrogen and oxygen atoms in total. The third-order valence-corrected chi connectivity index (χ3v) is 2.89. The highest BCUT2D eigenvalue weighted by Crippen LogP contribution is 2.22. The lowest BCUT2D eigenvalue weighted by Gasteiger charge is -2.01. The summed E-state index contributed by atoms with van der Waals surface area (Å²) in [4.78, 5) is 7.90. The zero-order valence-corrected chi connectivity index (χ0v) is 11.1. The fourth-order valence-electron chi connectivity index (χ4n) is 1.16. The van der Waals surface area contributed by atoms with Crippen molar-refractivity contribution in [3.63, 3.8) is 0 Å². The molecule has 0 atom stereocenters. The number of benzene rings is 1. The van der Waals surface area contributed by atoms with E-state index in [2.05, 4.69) is 32.6 Å². The summed E-state index contributed by atoms with van der Waals surface area (Å²) in [6, 6.07) is 9.63. The van der Waals surface area contributed by atoms with E-state index < -0.39 is 0 Å². The van der Waals surface area contributed by atoms with Gasteiger partial charge in [0.2, 0.25) is 5.28 Å². The number of nitrogens with zero attached hydrogens (tertiary/aromatic N) is 2. The van der Waals surface area contributed by atoms with E-state index in [-0.39, 0.29) is 5.28 Å². The van der Waals surface area contributed by atoms with Crippen molar-refractivity contribution in [1.82, 2.24) is 9.97 Å². The maximum atomic E-state index is 5.79. The van der Waals surface area contributed by atoms with Gasteiger partial charge in [-0.25, -0.2) is 9.97 Å². The Kier molecular flexibility index (Phi) is 3.43. The third-order valence-electron chi connectivity index (χ3n) is 1.81. The van der Waals surface area contributed by atoms with E-state index in [1.54, 1.807) is 6.07 Å². The summed E-state index contributed by atoms with van der Waals surface area (Å²) >= 11 is 13.8. The molecule has 76 valence electrons. The van der Waals surface area contributed by atoms with Gasteiger partial charge in [0.1, 0.15) is 5.15 Å². The number of rotatable bonds is 1. The van der Waals surface area contributed by atoms with Crippen molar-refractivity contribution < 1.29 is 0 Å². The van der Waals surface area contributed by atoms with Crippen molar-refractivity contribution in [2.24, 2.45) is 0 Å². The molecule has 0 N–H and O–H groups in total. The van der Waals surface area contributed by atoms with E-state index in [9.17, 15) is 0 Å². The predicted octanol–water partition coefficient (Wildman–Crippen LogP) is 4.06. The summed E-state index contributed by atoms with van der Waals surface area (Å²) in [5.41, 5.74) is 1.71. The topological polar surface area (TPSA) is 25.8 Å². The van der Waals surface area contributed by atoms with E-state index in [4.69, 9.17) is 23.2 Å². The highest BCUT2D eigenvalue weighted by Gasteiger charge is 2.03. The Morgan fingerprint density at radius 2 is 1.67 bits per heavy atom. The molecule has 0 aliphatic rings. The zero-order chi connectivity index (χ0) is 10.8. The highest BCUT2D eigenvalue weighted by molar-refractivity contribution is 14.1. The van der Waals surface area contributed by atoms with Gasteiger partial charge in [-0.15, -0.1) is 0 Å². The van der Waals surface area contributed by atoms with Gasteiger partial charge in [0.15, 0.2) is 0 Å². The molecular formula is C10H5Cl2IN2. The number of hydrogen-bond donors (Lipinski definition) is 0. The van der Waals surface area contributed by atoms with Crippen molar-refractivity contribution >= 4 is 45.8 Å². The van der Waals surface area contributed by atoms with E-state index in [1.807, 2.05) is 24.3 Å². The van der Waals surface area contributed by atoms with E-state index in [1.165, 1.54) is 3.57 Å². The first-order valence-electron chi connectivity index (χ1n) is 4.11. The summed E-state index contributed by atoms with van der Waals surface area (Å²) in [6.07, 6.45) is 0. The molecule has 5 heteroatoms. The molecule has 2 rings (SSSR count).